The maximum absolute atomic E-state index is 10.3. The van der Waals surface area contributed by atoms with Gasteiger partial charge in [0.1, 0.15) is 5.75 Å². The number of hydrogen-bond acceptors (Lipinski definition) is 4. The Morgan fingerprint density at radius 1 is 1.29 bits per heavy atom. The van der Waals surface area contributed by atoms with Crippen molar-refractivity contribution in [2.45, 2.75) is 6.92 Å². The second-order valence-corrected chi connectivity index (χ2v) is 4.24. The molecule has 1 rings (SSSR count). The van der Waals surface area contributed by atoms with Gasteiger partial charge in [-0.25, -0.2) is 4.79 Å². The van der Waals surface area contributed by atoms with Crippen molar-refractivity contribution in [3.05, 3.63) is 47.6 Å². The first-order chi connectivity index (χ1) is 10.1. The SMILES string of the molecule is COCCOCOc1ccc(C=CC=CC(=O)O)cc1C. The van der Waals surface area contributed by atoms with Crippen LogP contribution in [-0.2, 0) is 14.3 Å². The van der Waals surface area contributed by atoms with Gasteiger partial charge < -0.3 is 19.3 Å². The summed E-state index contributed by atoms with van der Waals surface area (Å²) >= 11 is 0. The summed E-state index contributed by atoms with van der Waals surface area (Å²) in [5, 5.41) is 8.47. The predicted octanol–water partition coefficient (Wildman–Crippen LogP) is 2.65. The van der Waals surface area contributed by atoms with Gasteiger partial charge in [0.25, 0.3) is 0 Å². The fraction of sp³-hybridized carbons (Fsp3) is 0.312. The maximum Gasteiger partial charge on any atom is 0.328 e. The van der Waals surface area contributed by atoms with Gasteiger partial charge >= 0.3 is 5.97 Å². The lowest BCUT2D eigenvalue weighted by Gasteiger charge is -2.10. The van der Waals surface area contributed by atoms with E-state index in [1.807, 2.05) is 31.2 Å². The van der Waals surface area contributed by atoms with E-state index in [9.17, 15) is 4.79 Å². The zero-order chi connectivity index (χ0) is 15.5. The summed E-state index contributed by atoms with van der Waals surface area (Å²) in [5.41, 5.74) is 1.95. The number of rotatable bonds is 9. The number of allylic oxidation sites excluding steroid dienone is 2. The van der Waals surface area contributed by atoms with Gasteiger partial charge in [0, 0.05) is 13.2 Å². The first-order valence-electron chi connectivity index (χ1n) is 6.51. The highest BCUT2D eigenvalue weighted by molar-refractivity contribution is 5.80. The number of hydrogen-bond donors (Lipinski definition) is 1. The Kier molecular flexibility index (Phi) is 7.86. The van der Waals surface area contributed by atoms with Crippen molar-refractivity contribution in [1.29, 1.82) is 0 Å². The highest BCUT2D eigenvalue weighted by Crippen LogP contribution is 2.19. The second-order valence-electron chi connectivity index (χ2n) is 4.24. The minimum atomic E-state index is -0.965. The molecular formula is C16H20O5. The molecule has 0 fully saturated rings. The van der Waals surface area contributed by atoms with E-state index in [0.29, 0.717) is 13.2 Å². The van der Waals surface area contributed by atoms with Crippen LogP contribution in [0.4, 0.5) is 0 Å². The molecule has 5 heteroatoms. The number of carboxylic acid groups (broad SMARTS) is 1. The monoisotopic (exact) mass is 292 g/mol. The van der Waals surface area contributed by atoms with E-state index in [2.05, 4.69) is 0 Å². The van der Waals surface area contributed by atoms with Gasteiger partial charge in [0.05, 0.1) is 13.2 Å². The highest BCUT2D eigenvalue weighted by atomic mass is 16.7. The Hall–Kier alpha value is -2.11. The molecule has 0 radical (unpaired) electrons. The molecule has 5 nitrogen and oxygen atoms in total. The molecular weight excluding hydrogens is 272 g/mol. The number of carboxylic acids is 1. The number of benzene rings is 1. The number of methoxy groups -OCH3 is 1. The summed E-state index contributed by atoms with van der Waals surface area (Å²) in [6.45, 7) is 3.15. The highest BCUT2D eigenvalue weighted by Gasteiger charge is 2.00. The summed E-state index contributed by atoms with van der Waals surface area (Å²) < 4.78 is 15.6. The van der Waals surface area contributed by atoms with E-state index in [1.54, 1.807) is 13.2 Å². The van der Waals surface area contributed by atoms with E-state index < -0.39 is 5.97 Å². The smallest absolute Gasteiger partial charge is 0.328 e. The van der Waals surface area contributed by atoms with Crippen molar-refractivity contribution in [3.63, 3.8) is 0 Å². The molecule has 0 heterocycles. The van der Waals surface area contributed by atoms with Gasteiger partial charge in [-0.1, -0.05) is 24.3 Å². The summed E-state index contributed by atoms with van der Waals surface area (Å²) in [6.07, 6.45) is 6.06. The molecule has 0 aliphatic rings. The minimum absolute atomic E-state index is 0.181. The van der Waals surface area contributed by atoms with Gasteiger partial charge in [0.2, 0.25) is 0 Å². The Morgan fingerprint density at radius 2 is 2.10 bits per heavy atom. The van der Waals surface area contributed by atoms with Crippen molar-refractivity contribution < 1.29 is 24.1 Å². The molecule has 0 amide bonds. The topological polar surface area (TPSA) is 65.0 Å². The third-order valence-electron chi connectivity index (χ3n) is 2.57. The van der Waals surface area contributed by atoms with E-state index in [0.717, 1.165) is 23.0 Å². The van der Waals surface area contributed by atoms with Crippen LogP contribution in [0.25, 0.3) is 6.08 Å². The molecule has 21 heavy (non-hydrogen) atoms. The van der Waals surface area contributed by atoms with Crippen molar-refractivity contribution >= 4 is 12.0 Å². The van der Waals surface area contributed by atoms with E-state index in [1.165, 1.54) is 6.08 Å². The molecule has 0 bridgehead atoms. The summed E-state index contributed by atoms with van der Waals surface area (Å²) in [4.78, 5) is 10.3. The average molecular weight is 292 g/mol. The van der Waals surface area contributed by atoms with Crippen molar-refractivity contribution in [3.8, 4) is 5.75 Å². The van der Waals surface area contributed by atoms with Crippen LogP contribution in [0.1, 0.15) is 11.1 Å². The van der Waals surface area contributed by atoms with Crippen molar-refractivity contribution in [1.82, 2.24) is 0 Å². The molecule has 0 aromatic heterocycles. The predicted molar refractivity (Wildman–Crippen MR) is 80.3 cm³/mol. The van der Waals surface area contributed by atoms with Crippen LogP contribution in [0.2, 0.25) is 0 Å². The van der Waals surface area contributed by atoms with Crippen LogP contribution < -0.4 is 4.74 Å². The van der Waals surface area contributed by atoms with Gasteiger partial charge in [-0.3, -0.25) is 0 Å². The number of carbonyl (C=O) groups is 1. The molecule has 0 saturated carbocycles. The first kappa shape index (κ1) is 16.9. The van der Waals surface area contributed by atoms with Crippen molar-refractivity contribution in [2.75, 3.05) is 27.1 Å². The summed E-state index contributed by atoms with van der Waals surface area (Å²) in [7, 11) is 1.62. The zero-order valence-electron chi connectivity index (χ0n) is 12.2. The van der Waals surface area contributed by atoms with Crippen LogP contribution in [-0.4, -0.2) is 38.2 Å². The molecule has 1 N–H and O–H groups in total. The first-order valence-corrected chi connectivity index (χ1v) is 6.51. The average Bonchev–Trinajstić information content (AvgIpc) is 2.45. The van der Waals surface area contributed by atoms with Crippen LogP contribution in [0, 0.1) is 6.92 Å². The third-order valence-corrected chi connectivity index (χ3v) is 2.57. The largest absolute Gasteiger partial charge is 0.478 e. The molecule has 0 saturated heterocycles. The van der Waals surface area contributed by atoms with Gasteiger partial charge in [-0.15, -0.1) is 0 Å². The quantitative estimate of drug-likeness (QED) is 0.328. The third kappa shape index (κ3) is 7.29. The van der Waals surface area contributed by atoms with Gasteiger partial charge in [-0.05, 0) is 30.2 Å². The maximum atomic E-state index is 10.3. The molecule has 1 aromatic rings. The number of aliphatic carboxylic acids is 1. The summed E-state index contributed by atoms with van der Waals surface area (Å²) in [6, 6.07) is 5.70. The molecule has 114 valence electrons. The van der Waals surface area contributed by atoms with Crippen LogP contribution in [0.3, 0.4) is 0 Å². The zero-order valence-corrected chi connectivity index (χ0v) is 12.2. The molecule has 1 aromatic carbocycles. The Labute approximate surface area is 124 Å². The lowest BCUT2D eigenvalue weighted by atomic mass is 10.1. The van der Waals surface area contributed by atoms with Gasteiger partial charge in [0.15, 0.2) is 6.79 Å². The minimum Gasteiger partial charge on any atom is -0.478 e. The van der Waals surface area contributed by atoms with E-state index in [-0.39, 0.29) is 6.79 Å². The molecule has 0 atom stereocenters. The number of aryl methyl sites for hydroxylation is 1. The molecule has 0 spiro atoms. The standard InChI is InChI=1S/C16H20O5/c1-13-11-14(5-3-4-6-16(17)18)7-8-15(13)21-12-20-10-9-19-2/h3-8,11H,9-10,12H2,1-2H3,(H,17,18). The number of ether oxygens (including phenoxy) is 3. The lowest BCUT2D eigenvalue weighted by Crippen LogP contribution is -2.08. The molecule has 0 aliphatic heterocycles. The van der Waals surface area contributed by atoms with Crippen LogP contribution >= 0.6 is 0 Å². The molecule has 0 aliphatic carbocycles. The second kappa shape index (κ2) is 9.74. The van der Waals surface area contributed by atoms with Gasteiger partial charge in [-0.2, -0.15) is 0 Å². The fourth-order valence-corrected chi connectivity index (χ4v) is 1.55. The van der Waals surface area contributed by atoms with Crippen LogP contribution in [0.15, 0.2) is 36.4 Å². The normalized spacial score (nSPS) is 11.3. The lowest BCUT2D eigenvalue weighted by molar-refractivity contribution is -0.131. The Bertz CT molecular complexity index is 505. The Morgan fingerprint density at radius 3 is 2.76 bits per heavy atom. The fourth-order valence-electron chi connectivity index (χ4n) is 1.55. The Balaban J connectivity index is 2.49. The van der Waals surface area contributed by atoms with E-state index in [4.69, 9.17) is 19.3 Å². The van der Waals surface area contributed by atoms with E-state index >= 15 is 0 Å². The van der Waals surface area contributed by atoms with Crippen LogP contribution in [0.5, 0.6) is 5.75 Å². The van der Waals surface area contributed by atoms with Crippen molar-refractivity contribution in [2.24, 2.45) is 0 Å². The summed E-state index contributed by atoms with van der Waals surface area (Å²) in [5.74, 6) is -0.210. The molecule has 0 unspecified atom stereocenters.